The van der Waals surface area contributed by atoms with Crippen LogP contribution < -0.4 is 5.32 Å². The SMILES string of the molecule is CCC1(CC)CN(Cc2c(Cl)c(C)nn2C)CCCN1. The van der Waals surface area contributed by atoms with Gasteiger partial charge in [0.2, 0.25) is 0 Å². The number of hydrogen-bond acceptors (Lipinski definition) is 3. The Labute approximate surface area is 127 Å². The molecule has 20 heavy (non-hydrogen) atoms. The van der Waals surface area contributed by atoms with Crippen molar-refractivity contribution in [3.05, 3.63) is 16.4 Å². The molecule has 0 aliphatic carbocycles. The summed E-state index contributed by atoms with van der Waals surface area (Å²) in [6, 6.07) is 0. The summed E-state index contributed by atoms with van der Waals surface area (Å²) in [6.45, 7) is 10.7. The van der Waals surface area contributed by atoms with Gasteiger partial charge in [-0.05, 0) is 39.3 Å². The Hall–Kier alpha value is -0.580. The highest BCUT2D eigenvalue weighted by Crippen LogP contribution is 2.24. The molecule has 0 saturated carbocycles. The Morgan fingerprint density at radius 3 is 2.60 bits per heavy atom. The maximum Gasteiger partial charge on any atom is 0.0860 e. The Bertz CT molecular complexity index is 451. The monoisotopic (exact) mass is 298 g/mol. The Morgan fingerprint density at radius 1 is 1.35 bits per heavy atom. The van der Waals surface area contributed by atoms with Crippen molar-refractivity contribution in [3.8, 4) is 0 Å². The lowest BCUT2D eigenvalue weighted by atomic mass is 9.92. The van der Waals surface area contributed by atoms with E-state index in [-0.39, 0.29) is 5.54 Å². The fourth-order valence-corrected chi connectivity index (χ4v) is 3.36. The fourth-order valence-electron chi connectivity index (χ4n) is 3.14. The summed E-state index contributed by atoms with van der Waals surface area (Å²) in [5.41, 5.74) is 2.30. The van der Waals surface area contributed by atoms with E-state index in [4.69, 9.17) is 11.6 Å². The summed E-state index contributed by atoms with van der Waals surface area (Å²) in [4.78, 5) is 2.52. The molecule has 0 atom stereocenters. The van der Waals surface area contributed by atoms with Crippen LogP contribution in [0.4, 0.5) is 0 Å². The first-order chi connectivity index (χ1) is 9.51. The normalized spacial score (nSPS) is 20.1. The van der Waals surface area contributed by atoms with Crippen molar-refractivity contribution in [2.75, 3.05) is 19.6 Å². The average Bonchev–Trinajstić information content (AvgIpc) is 2.63. The molecule has 2 rings (SSSR count). The Kier molecular flexibility index (Phi) is 5.10. The maximum absolute atomic E-state index is 6.39. The maximum atomic E-state index is 6.39. The highest BCUT2D eigenvalue weighted by molar-refractivity contribution is 6.31. The van der Waals surface area contributed by atoms with Crippen LogP contribution in [0.15, 0.2) is 0 Å². The first kappa shape index (κ1) is 15.8. The molecule has 1 aromatic heterocycles. The molecule has 0 amide bonds. The smallest absolute Gasteiger partial charge is 0.0860 e. The second kappa shape index (κ2) is 6.46. The largest absolute Gasteiger partial charge is 0.310 e. The Balaban J connectivity index is 2.15. The van der Waals surface area contributed by atoms with E-state index in [0.29, 0.717) is 0 Å². The van der Waals surface area contributed by atoms with Crippen molar-refractivity contribution in [1.82, 2.24) is 20.0 Å². The molecule has 1 N–H and O–H groups in total. The van der Waals surface area contributed by atoms with E-state index >= 15 is 0 Å². The number of halogens is 1. The van der Waals surface area contributed by atoms with Crippen LogP contribution in [-0.2, 0) is 13.6 Å². The van der Waals surface area contributed by atoms with E-state index < -0.39 is 0 Å². The molecular weight excluding hydrogens is 272 g/mol. The predicted octanol–water partition coefficient (Wildman–Crippen LogP) is 2.74. The topological polar surface area (TPSA) is 33.1 Å². The number of nitrogens with one attached hydrogen (secondary N) is 1. The second-order valence-electron chi connectivity index (χ2n) is 5.95. The van der Waals surface area contributed by atoms with Crippen molar-refractivity contribution in [2.24, 2.45) is 7.05 Å². The van der Waals surface area contributed by atoms with Crippen LogP contribution in [0.2, 0.25) is 5.02 Å². The first-order valence-corrected chi connectivity index (χ1v) is 8.04. The molecule has 0 spiro atoms. The lowest BCUT2D eigenvalue weighted by Crippen LogP contribution is -2.50. The van der Waals surface area contributed by atoms with Gasteiger partial charge in [0.15, 0.2) is 0 Å². The van der Waals surface area contributed by atoms with E-state index in [2.05, 4.69) is 29.2 Å². The summed E-state index contributed by atoms with van der Waals surface area (Å²) in [5, 5.41) is 8.99. The highest BCUT2D eigenvalue weighted by Gasteiger charge is 2.30. The number of hydrogen-bond donors (Lipinski definition) is 1. The van der Waals surface area contributed by atoms with Crippen molar-refractivity contribution in [2.45, 2.75) is 52.1 Å². The van der Waals surface area contributed by atoms with E-state index in [1.807, 2.05) is 18.7 Å². The van der Waals surface area contributed by atoms with Crippen molar-refractivity contribution in [1.29, 1.82) is 0 Å². The van der Waals surface area contributed by atoms with E-state index in [1.165, 1.54) is 6.42 Å². The zero-order valence-corrected chi connectivity index (χ0v) is 13.9. The molecular formula is C15H27ClN4. The van der Waals surface area contributed by atoms with Gasteiger partial charge in [-0.25, -0.2) is 0 Å². The van der Waals surface area contributed by atoms with Crippen LogP contribution in [0.1, 0.15) is 44.5 Å². The lowest BCUT2D eigenvalue weighted by molar-refractivity contribution is 0.188. The zero-order valence-electron chi connectivity index (χ0n) is 13.2. The third-order valence-corrected chi connectivity index (χ3v) is 5.16. The molecule has 1 fully saturated rings. The molecule has 1 aliphatic heterocycles. The first-order valence-electron chi connectivity index (χ1n) is 7.66. The van der Waals surface area contributed by atoms with Crippen LogP contribution >= 0.6 is 11.6 Å². The quantitative estimate of drug-likeness (QED) is 0.928. The number of nitrogens with zero attached hydrogens (tertiary/aromatic N) is 3. The minimum atomic E-state index is 0.247. The van der Waals surface area contributed by atoms with Gasteiger partial charge in [0.05, 0.1) is 16.4 Å². The lowest BCUT2D eigenvalue weighted by Gasteiger charge is -2.35. The van der Waals surface area contributed by atoms with Crippen LogP contribution in [0.25, 0.3) is 0 Å². The van der Waals surface area contributed by atoms with Gasteiger partial charge in [0.25, 0.3) is 0 Å². The summed E-state index contributed by atoms with van der Waals surface area (Å²) in [6.07, 6.45) is 3.52. The zero-order chi connectivity index (χ0) is 14.8. The van der Waals surface area contributed by atoms with Gasteiger partial charge in [-0.3, -0.25) is 9.58 Å². The van der Waals surface area contributed by atoms with Crippen LogP contribution in [0.5, 0.6) is 0 Å². The molecule has 4 nitrogen and oxygen atoms in total. The van der Waals surface area contributed by atoms with Gasteiger partial charge >= 0.3 is 0 Å². The van der Waals surface area contributed by atoms with Gasteiger partial charge in [-0.15, -0.1) is 0 Å². The van der Waals surface area contributed by atoms with Gasteiger partial charge in [0.1, 0.15) is 0 Å². The van der Waals surface area contributed by atoms with Gasteiger partial charge in [0, 0.05) is 25.7 Å². The molecule has 0 unspecified atom stereocenters. The molecule has 0 aromatic carbocycles. The standard InChI is InChI=1S/C15H27ClN4/c1-5-15(6-2)11-20(9-7-8-17-15)10-13-14(16)12(3)18-19(13)4/h17H,5-11H2,1-4H3. The van der Waals surface area contributed by atoms with Gasteiger partial charge in [-0.1, -0.05) is 25.4 Å². The average molecular weight is 299 g/mol. The summed E-state index contributed by atoms with van der Waals surface area (Å²) in [5.74, 6) is 0. The molecule has 1 aliphatic rings. The molecule has 114 valence electrons. The molecule has 0 bridgehead atoms. The molecule has 2 heterocycles. The minimum absolute atomic E-state index is 0.247. The van der Waals surface area contributed by atoms with Crippen LogP contribution in [-0.4, -0.2) is 39.9 Å². The number of aromatic nitrogens is 2. The number of aryl methyl sites for hydroxylation is 2. The molecule has 5 heteroatoms. The van der Waals surface area contributed by atoms with Crippen LogP contribution in [0, 0.1) is 6.92 Å². The number of rotatable bonds is 4. The van der Waals surface area contributed by atoms with E-state index in [9.17, 15) is 0 Å². The molecule has 1 aromatic rings. The van der Waals surface area contributed by atoms with E-state index in [1.54, 1.807) is 0 Å². The summed E-state index contributed by atoms with van der Waals surface area (Å²) < 4.78 is 1.93. The van der Waals surface area contributed by atoms with Gasteiger partial charge in [-0.2, -0.15) is 5.10 Å². The minimum Gasteiger partial charge on any atom is -0.310 e. The third-order valence-electron chi connectivity index (χ3n) is 4.67. The van der Waals surface area contributed by atoms with Crippen molar-refractivity contribution in [3.63, 3.8) is 0 Å². The van der Waals surface area contributed by atoms with Gasteiger partial charge < -0.3 is 5.32 Å². The van der Waals surface area contributed by atoms with E-state index in [0.717, 1.165) is 55.4 Å². The van der Waals surface area contributed by atoms with Crippen molar-refractivity contribution >= 4 is 11.6 Å². The third kappa shape index (κ3) is 3.18. The van der Waals surface area contributed by atoms with Crippen LogP contribution in [0.3, 0.4) is 0 Å². The molecule has 0 radical (unpaired) electrons. The Morgan fingerprint density at radius 2 is 2.05 bits per heavy atom. The summed E-state index contributed by atoms with van der Waals surface area (Å²) in [7, 11) is 1.98. The predicted molar refractivity (Wildman–Crippen MR) is 84.2 cm³/mol. The fraction of sp³-hybridized carbons (Fsp3) is 0.800. The van der Waals surface area contributed by atoms with Crippen molar-refractivity contribution < 1.29 is 0 Å². The summed E-state index contributed by atoms with van der Waals surface area (Å²) >= 11 is 6.39. The second-order valence-corrected chi connectivity index (χ2v) is 6.33. The molecule has 1 saturated heterocycles. The highest BCUT2D eigenvalue weighted by atomic mass is 35.5.